The lowest BCUT2D eigenvalue weighted by Crippen LogP contribution is -2.29. The van der Waals surface area contributed by atoms with E-state index in [2.05, 4.69) is 15.4 Å². The molecule has 0 saturated carbocycles. The zero-order valence-electron chi connectivity index (χ0n) is 13.6. The van der Waals surface area contributed by atoms with Gasteiger partial charge in [0.15, 0.2) is 5.75 Å². The van der Waals surface area contributed by atoms with Crippen LogP contribution in [0.25, 0.3) is 0 Å². The number of urea groups is 1. The van der Waals surface area contributed by atoms with Crippen LogP contribution in [0.3, 0.4) is 0 Å². The summed E-state index contributed by atoms with van der Waals surface area (Å²) >= 11 is 17.8. The number of sulfonamides is 1. The van der Waals surface area contributed by atoms with Crippen LogP contribution >= 0.6 is 34.8 Å². The van der Waals surface area contributed by atoms with Crippen LogP contribution in [-0.2, 0) is 10.0 Å². The number of amides is 2. The largest absolute Gasteiger partial charge is 0.504 e. The molecule has 146 valence electrons. The molecule has 2 aromatic carbocycles. The van der Waals surface area contributed by atoms with Gasteiger partial charge in [-0.15, -0.1) is 0 Å². The van der Waals surface area contributed by atoms with Crippen molar-refractivity contribution in [3.8, 4) is 5.75 Å². The molecule has 0 atom stereocenters. The number of halogens is 3. The summed E-state index contributed by atoms with van der Waals surface area (Å²) in [6.45, 7) is 0.00185. The zero-order valence-corrected chi connectivity index (χ0v) is 16.7. The Kier molecular flexibility index (Phi) is 7.15. The van der Waals surface area contributed by atoms with Gasteiger partial charge < -0.3 is 21.5 Å². The Bertz CT molecular complexity index is 970. The minimum absolute atomic E-state index is 0.0521. The fraction of sp³-hybridized carbons (Fsp3) is 0.133. The lowest BCUT2D eigenvalue weighted by atomic mass is 10.3. The highest BCUT2D eigenvalue weighted by molar-refractivity contribution is 7.89. The number of carbonyl (C=O) groups excluding carboxylic acids is 1. The molecule has 0 bridgehead atoms. The number of hydrogen-bond donors (Lipinski definition) is 5. The number of nitrogens with one attached hydrogen (secondary N) is 3. The third-order valence-electron chi connectivity index (χ3n) is 3.24. The molecule has 2 rings (SSSR count). The minimum Gasteiger partial charge on any atom is -0.504 e. The van der Waals surface area contributed by atoms with Crippen molar-refractivity contribution in [2.45, 2.75) is 4.90 Å². The molecule has 12 heteroatoms. The summed E-state index contributed by atoms with van der Waals surface area (Å²) in [6.07, 6.45) is 0. The van der Waals surface area contributed by atoms with Crippen LogP contribution in [0.4, 0.5) is 16.2 Å². The van der Waals surface area contributed by atoms with Gasteiger partial charge in [-0.05, 0) is 24.3 Å². The van der Waals surface area contributed by atoms with Gasteiger partial charge in [0.25, 0.3) is 0 Å². The maximum Gasteiger partial charge on any atom is 0.323 e. The number of aromatic hydroxyl groups is 1. The van der Waals surface area contributed by atoms with Gasteiger partial charge in [-0.3, -0.25) is 0 Å². The summed E-state index contributed by atoms with van der Waals surface area (Å²) in [5.41, 5.74) is 5.33. The van der Waals surface area contributed by atoms with E-state index in [1.807, 2.05) is 0 Å². The summed E-state index contributed by atoms with van der Waals surface area (Å²) in [5, 5.41) is 15.2. The molecule has 0 aliphatic rings. The molecule has 0 spiro atoms. The first-order valence-electron chi connectivity index (χ1n) is 7.40. The van der Waals surface area contributed by atoms with Gasteiger partial charge in [0.05, 0.1) is 26.4 Å². The number of nitrogens with two attached hydrogens (primary N) is 1. The smallest absolute Gasteiger partial charge is 0.323 e. The Hall–Kier alpha value is -1.75. The van der Waals surface area contributed by atoms with Crippen LogP contribution < -0.4 is 21.1 Å². The van der Waals surface area contributed by atoms with Gasteiger partial charge >= 0.3 is 6.03 Å². The predicted molar refractivity (Wildman–Crippen MR) is 106 cm³/mol. The third-order valence-corrected chi connectivity index (χ3v) is 6.02. The van der Waals surface area contributed by atoms with Crippen molar-refractivity contribution in [2.75, 3.05) is 23.7 Å². The second-order valence-electron chi connectivity index (χ2n) is 5.14. The maximum absolute atomic E-state index is 12.3. The van der Waals surface area contributed by atoms with E-state index in [-0.39, 0.29) is 39.5 Å². The van der Waals surface area contributed by atoms with Gasteiger partial charge in [0, 0.05) is 13.1 Å². The van der Waals surface area contributed by atoms with Crippen molar-refractivity contribution >= 4 is 62.2 Å². The van der Waals surface area contributed by atoms with Crippen LogP contribution in [0.5, 0.6) is 5.75 Å². The predicted octanol–water partition coefficient (Wildman–Crippen LogP) is 3.23. The highest BCUT2D eigenvalue weighted by Gasteiger charge is 2.25. The summed E-state index contributed by atoms with van der Waals surface area (Å²) in [5.74, 6) is -0.723. The van der Waals surface area contributed by atoms with Crippen molar-refractivity contribution in [2.24, 2.45) is 5.73 Å². The first kappa shape index (κ1) is 21.5. The average Bonchev–Trinajstić information content (AvgIpc) is 2.59. The molecule has 0 aliphatic heterocycles. The Balaban J connectivity index is 2.28. The lowest BCUT2D eigenvalue weighted by molar-refractivity contribution is 0.262. The van der Waals surface area contributed by atoms with E-state index < -0.39 is 26.7 Å². The molecular weight excluding hydrogens is 439 g/mol. The summed E-state index contributed by atoms with van der Waals surface area (Å²) < 4.78 is 26.7. The lowest BCUT2D eigenvalue weighted by Gasteiger charge is -2.14. The monoisotopic (exact) mass is 452 g/mol. The van der Waals surface area contributed by atoms with Crippen LogP contribution in [0.15, 0.2) is 35.2 Å². The Labute approximate surface area is 170 Å². The summed E-state index contributed by atoms with van der Waals surface area (Å²) in [4.78, 5) is 11.6. The molecule has 0 aliphatic carbocycles. The van der Waals surface area contributed by atoms with Crippen molar-refractivity contribution in [1.82, 2.24) is 4.72 Å². The molecular formula is C15H15Cl3N4O4S. The molecule has 0 aromatic heterocycles. The second kappa shape index (κ2) is 8.96. The van der Waals surface area contributed by atoms with Crippen molar-refractivity contribution in [1.29, 1.82) is 0 Å². The van der Waals surface area contributed by atoms with Gasteiger partial charge in [-0.25, -0.2) is 17.9 Å². The number of carbonyl (C=O) groups is 1. The highest BCUT2D eigenvalue weighted by atomic mass is 35.5. The minimum atomic E-state index is -4.14. The summed E-state index contributed by atoms with van der Waals surface area (Å²) in [7, 11) is -4.14. The van der Waals surface area contributed by atoms with E-state index in [0.717, 1.165) is 0 Å². The van der Waals surface area contributed by atoms with E-state index >= 15 is 0 Å². The topological polar surface area (TPSA) is 134 Å². The first-order chi connectivity index (χ1) is 12.7. The van der Waals surface area contributed by atoms with Crippen molar-refractivity contribution < 1.29 is 18.3 Å². The molecule has 0 heterocycles. The maximum atomic E-state index is 12.3. The molecule has 2 amide bonds. The number of phenols is 1. The van der Waals surface area contributed by atoms with Gasteiger partial charge in [0.2, 0.25) is 10.0 Å². The van der Waals surface area contributed by atoms with Gasteiger partial charge in [-0.2, -0.15) is 0 Å². The van der Waals surface area contributed by atoms with Gasteiger partial charge in [0.1, 0.15) is 4.90 Å². The fourth-order valence-electron chi connectivity index (χ4n) is 2.04. The number of phenolic OH excluding ortho intramolecular Hbond substituents is 1. The summed E-state index contributed by atoms with van der Waals surface area (Å²) in [6, 6.07) is 6.33. The molecule has 2 aromatic rings. The molecule has 6 N–H and O–H groups in total. The zero-order chi connectivity index (χ0) is 20.2. The molecule has 0 fully saturated rings. The molecule has 27 heavy (non-hydrogen) atoms. The Morgan fingerprint density at radius 2 is 1.70 bits per heavy atom. The van der Waals surface area contributed by atoms with Crippen molar-refractivity contribution in [3.05, 3.63) is 45.4 Å². The Morgan fingerprint density at radius 1 is 1.04 bits per heavy atom. The van der Waals surface area contributed by atoms with E-state index in [4.69, 9.17) is 40.5 Å². The average molecular weight is 454 g/mol. The van der Waals surface area contributed by atoms with E-state index in [1.54, 1.807) is 12.1 Å². The number of benzene rings is 2. The van der Waals surface area contributed by atoms with Crippen LogP contribution in [0.2, 0.25) is 15.1 Å². The third kappa shape index (κ3) is 5.16. The van der Waals surface area contributed by atoms with Crippen LogP contribution in [0.1, 0.15) is 0 Å². The number of anilines is 2. The first-order valence-corrected chi connectivity index (χ1v) is 10.0. The van der Waals surface area contributed by atoms with E-state index in [0.29, 0.717) is 0 Å². The van der Waals surface area contributed by atoms with E-state index in [1.165, 1.54) is 18.2 Å². The van der Waals surface area contributed by atoms with E-state index in [9.17, 15) is 18.3 Å². The standard InChI is InChI=1S/C15H15Cl3N4O4S/c16-8-2-1-3-10(12(8)18)21-15(24)22-11-5-4-9(17)14(13(11)23)27(25,26)20-7-6-19/h1-5,20,23H,6-7,19H2,(H2,21,22,24). The molecule has 8 nitrogen and oxygen atoms in total. The van der Waals surface area contributed by atoms with Crippen LogP contribution in [0, 0.1) is 0 Å². The number of hydrogen-bond acceptors (Lipinski definition) is 5. The second-order valence-corrected chi connectivity index (χ2v) is 8.04. The molecule has 0 radical (unpaired) electrons. The molecule has 0 saturated heterocycles. The number of rotatable bonds is 6. The van der Waals surface area contributed by atoms with Crippen molar-refractivity contribution in [3.63, 3.8) is 0 Å². The van der Waals surface area contributed by atoms with Gasteiger partial charge in [-0.1, -0.05) is 40.9 Å². The normalized spacial score (nSPS) is 11.3. The quantitative estimate of drug-likeness (QED) is 0.428. The Morgan fingerprint density at radius 3 is 2.37 bits per heavy atom. The fourth-order valence-corrected chi connectivity index (χ4v) is 4.07. The molecule has 0 unspecified atom stereocenters. The SMILES string of the molecule is NCCNS(=O)(=O)c1c(Cl)ccc(NC(=O)Nc2cccc(Cl)c2Cl)c1O. The highest BCUT2D eigenvalue weighted by Crippen LogP contribution is 2.37. The van der Waals surface area contributed by atoms with Crippen LogP contribution in [-0.4, -0.2) is 32.6 Å².